The van der Waals surface area contributed by atoms with E-state index in [2.05, 4.69) is 0 Å². The van der Waals surface area contributed by atoms with Crippen molar-refractivity contribution in [1.29, 1.82) is 5.26 Å². The van der Waals surface area contributed by atoms with Crippen LogP contribution in [0.25, 0.3) is 11.1 Å². The van der Waals surface area contributed by atoms with Crippen LogP contribution >= 0.6 is 11.3 Å². The van der Waals surface area contributed by atoms with Gasteiger partial charge in [-0.15, -0.1) is 11.3 Å². The number of methoxy groups -OCH3 is 1. The molecule has 0 spiro atoms. The maximum absolute atomic E-state index is 14.0. The Morgan fingerprint density at radius 2 is 2.21 bits per heavy atom. The molecule has 0 fully saturated rings. The highest BCUT2D eigenvalue weighted by molar-refractivity contribution is 7.14. The second kappa shape index (κ2) is 8.04. The molecule has 0 bridgehead atoms. The molecule has 1 N–H and O–H groups in total. The molecule has 0 amide bonds. The number of aryl methyl sites for hydroxylation is 1. The molecule has 0 aliphatic heterocycles. The Morgan fingerprint density at radius 1 is 1.46 bits per heavy atom. The molecule has 0 saturated carbocycles. The van der Waals surface area contributed by atoms with Crippen molar-refractivity contribution in [1.82, 2.24) is 0 Å². The molecule has 4 nitrogen and oxygen atoms in total. The summed E-state index contributed by atoms with van der Waals surface area (Å²) in [6, 6.07) is 8.40. The van der Waals surface area contributed by atoms with Gasteiger partial charge in [0, 0.05) is 4.88 Å². The fraction of sp³-hybridized carbons (Fsp3) is 0.333. The molecule has 2 rings (SSSR count). The van der Waals surface area contributed by atoms with Gasteiger partial charge in [-0.2, -0.15) is 5.26 Å². The molecule has 1 aromatic heterocycles. The Bertz CT molecular complexity index is 779. The van der Waals surface area contributed by atoms with E-state index < -0.39 is 17.7 Å². The number of nitriles is 1. The summed E-state index contributed by atoms with van der Waals surface area (Å²) in [5, 5.41) is 18.1. The smallest absolute Gasteiger partial charge is 0.348 e. The van der Waals surface area contributed by atoms with E-state index in [0.717, 1.165) is 22.4 Å². The zero-order chi connectivity index (χ0) is 17.7. The second-order valence-corrected chi connectivity index (χ2v) is 6.45. The first kappa shape index (κ1) is 18.1. The molecule has 0 aliphatic rings. The molecule has 1 heterocycles. The maximum atomic E-state index is 14.0. The Morgan fingerprint density at radius 3 is 2.79 bits per heavy atom. The summed E-state index contributed by atoms with van der Waals surface area (Å²) in [5.74, 6) is -1.45. The van der Waals surface area contributed by atoms with Crippen LogP contribution in [0.4, 0.5) is 4.39 Å². The second-order valence-electron chi connectivity index (χ2n) is 5.31. The highest BCUT2D eigenvalue weighted by Crippen LogP contribution is 2.33. The zero-order valence-corrected chi connectivity index (χ0v) is 14.3. The number of thiophene rings is 1. The molecular weight excluding hydrogens is 329 g/mol. The van der Waals surface area contributed by atoms with Crippen molar-refractivity contribution in [3.63, 3.8) is 0 Å². The first-order chi connectivity index (χ1) is 11.5. The van der Waals surface area contributed by atoms with Gasteiger partial charge in [-0.05, 0) is 47.7 Å². The van der Waals surface area contributed by atoms with Crippen LogP contribution < -0.4 is 0 Å². The number of benzene rings is 1. The number of carbonyl (C=O) groups excluding carboxylic acids is 1. The van der Waals surface area contributed by atoms with Crippen LogP contribution in [0, 0.1) is 23.1 Å². The number of esters is 1. The summed E-state index contributed by atoms with van der Waals surface area (Å²) < 4.78 is 18.8. The van der Waals surface area contributed by atoms with Gasteiger partial charge >= 0.3 is 5.97 Å². The van der Waals surface area contributed by atoms with E-state index in [4.69, 9.17) is 15.1 Å². The molecule has 126 valence electrons. The number of halogens is 1. The molecule has 1 unspecified atom stereocenters. The fourth-order valence-corrected chi connectivity index (χ4v) is 3.49. The number of nitrogens with zero attached hydrogens (tertiary/aromatic N) is 1. The van der Waals surface area contributed by atoms with E-state index in [1.54, 1.807) is 18.2 Å². The molecule has 6 heteroatoms. The minimum absolute atomic E-state index is 0.141. The minimum atomic E-state index is -0.645. The van der Waals surface area contributed by atoms with Crippen LogP contribution in [0.5, 0.6) is 0 Å². The molecule has 2 aromatic rings. The molecule has 0 saturated heterocycles. The van der Waals surface area contributed by atoms with E-state index in [0.29, 0.717) is 10.4 Å². The van der Waals surface area contributed by atoms with E-state index >= 15 is 0 Å². The maximum Gasteiger partial charge on any atom is 0.348 e. The summed E-state index contributed by atoms with van der Waals surface area (Å²) in [6.45, 7) is 1.67. The van der Waals surface area contributed by atoms with Gasteiger partial charge in [0.15, 0.2) is 0 Å². The number of rotatable bonds is 6. The summed E-state index contributed by atoms with van der Waals surface area (Å²) in [5.41, 5.74) is 2.02. The van der Waals surface area contributed by atoms with Crippen LogP contribution in [0.15, 0.2) is 24.3 Å². The van der Waals surface area contributed by atoms with Crippen LogP contribution in [0.1, 0.15) is 27.0 Å². The average molecular weight is 347 g/mol. The molecular formula is C18H18FNO3S. The van der Waals surface area contributed by atoms with E-state index in [1.165, 1.54) is 24.5 Å². The normalized spacial score (nSPS) is 11.8. The van der Waals surface area contributed by atoms with Gasteiger partial charge in [0.1, 0.15) is 10.7 Å². The lowest BCUT2D eigenvalue weighted by Gasteiger charge is -2.09. The van der Waals surface area contributed by atoms with Crippen LogP contribution in [0.3, 0.4) is 0 Å². The number of hydrogen-bond donors (Lipinski definition) is 1. The predicted octanol–water partition coefficient (Wildman–Crippen LogP) is 3.58. The highest BCUT2D eigenvalue weighted by Gasteiger charge is 2.17. The molecule has 0 aliphatic carbocycles. The quantitative estimate of drug-likeness (QED) is 0.811. The lowest BCUT2D eigenvalue weighted by atomic mass is 9.96. The third kappa shape index (κ3) is 3.81. The third-order valence-electron chi connectivity index (χ3n) is 3.74. The van der Waals surface area contributed by atoms with Crippen LogP contribution in [-0.4, -0.2) is 24.8 Å². The molecule has 24 heavy (non-hydrogen) atoms. The van der Waals surface area contributed by atoms with Crippen molar-refractivity contribution < 1.29 is 19.0 Å². The van der Waals surface area contributed by atoms with E-state index in [-0.39, 0.29) is 13.0 Å². The summed E-state index contributed by atoms with van der Waals surface area (Å²) in [6.07, 6.45) is 0.878. The first-order valence-electron chi connectivity index (χ1n) is 7.54. The molecule has 1 atom stereocenters. The number of hydrogen-bond acceptors (Lipinski definition) is 5. The first-order valence-corrected chi connectivity index (χ1v) is 8.35. The Hall–Kier alpha value is -2.23. The van der Waals surface area contributed by atoms with Crippen molar-refractivity contribution in [2.75, 3.05) is 13.7 Å². The topological polar surface area (TPSA) is 70.3 Å². The van der Waals surface area contributed by atoms with Gasteiger partial charge < -0.3 is 9.84 Å². The van der Waals surface area contributed by atoms with Gasteiger partial charge in [-0.25, -0.2) is 9.18 Å². The van der Waals surface area contributed by atoms with Crippen LogP contribution in [0.2, 0.25) is 0 Å². The van der Waals surface area contributed by atoms with E-state index in [9.17, 15) is 9.18 Å². The summed E-state index contributed by atoms with van der Waals surface area (Å²) in [4.78, 5) is 13.2. The minimum Gasteiger partial charge on any atom is -0.465 e. The largest absolute Gasteiger partial charge is 0.465 e. The standard InChI is InChI=1S/C18H18FNO3S/c1-3-16-14(8-17(24-16)18(22)23-2)12-4-5-15(19)13(7-12)6-11(9-20)10-21/h4-5,7-8,11,21H,3,6,10H2,1-2H3. The van der Waals surface area contributed by atoms with Gasteiger partial charge in [0.25, 0.3) is 0 Å². The number of aliphatic hydroxyl groups is 1. The van der Waals surface area contributed by atoms with Crippen molar-refractivity contribution in [2.45, 2.75) is 19.8 Å². The number of ether oxygens (including phenoxy) is 1. The monoisotopic (exact) mass is 347 g/mol. The lowest BCUT2D eigenvalue weighted by Crippen LogP contribution is -2.08. The van der Waals surface area contributed by atoms with Crippen molar-refractivity contribution >= 4 is 17.3 Å². The van der Waals surface area contributed by atoms with Crippen molar-refractivity contribution in [3.8, 4) is 17.2 Å². The van der Waals surface area contributed by atoms with Gasteiger partial charge in [0.2, 0.25) is 0 Å². The lowest BCUT2D eigenvalue weighted by molar-refractivity contribution is 0.0606. The van der Waals surface area contributed by atoms with E-state index in [1.807, 2.05) is 13.0 Å². The predicted molar refractivity (Wildman–Crippen MR) is 90.3 cm³/mol. The van der Waals surface area contributed by atoms with Gasteiger partial charge in [-0.1, -0.05) is 13.0 Å². The summed E-state index contributed by atoms with van der Waals surface area (Å²) in [7, 11) is 1.33. The molecule has 0 radical (unpaired) electrons. The fourth-order valence-electron chi connectivity index (χ4n) is 2.45. The number of aliphatic hydroxyl groups excluding tert-OH is 1. The van der Waals surface area contributed by atoms with Gasteiger partial charge in [-0.3, -0.25) is 0 Å². The number of carbonyl (C=O) groups is 1. The Kier molecular flexibility index (Phi) is 6.07. The highest BCUT2D eigenvalue weighted by atomic mass is 32.1. The van der Waals surface area contributed by atoms with Crippen molar-refractivity contribution in [2.24, 2.45) is 5.92 Å². The van der Waals surface area contributed by atoms with Gasteiger partial charge in [0.05, 0.1) is 25.7 Å². The average Bonchev–Trinajstić information content (AvgIpc) is 3.04. The molecule has 1 aromatic carbocycles. The Labute approximate surface area is 144 Å². The Balaban J connectivity index is 2.44. The van der Waals surface area contributed by atoms with Crippen LogP contribution in [-0.2, 0) is 17.6 Å². The van der Waals surface area contributed by atoms with Crippen molar-refractivity contribution in [3.05, 3.63) is 45.4 Å². The SMILES string of the molecule is CCc1sc(C(=O)OC)cc1-c1ccc(F)c(CC(C#N)CO)c1. The zero-order valence-electron chi connectivity index (χ0n) is 13.5. The third-order valence-corrected chi connectivity index (χ3v) is 5.00. The summed E-state index contributed by atoms with van der Waals surface area (Å²) >= 11 is 1.36.